The van der Waals surface area contributed by atoms with Gasteiger partial charge < -0.3 is 9.47 Å². The average Bonchev–Trinajstić information content (AvgIpc) is 2.40. The lowest BCUT2D eigenvalue weighted by molar-refractivity contribution is -0.153. The van der Waals surface area contributed by atoms with Gasteiger partial charge in [-0.2, -0.15) is 0 Å². The van der Waals surface area contributed by atoms with Crippen LogP contribution in [0.2, 0.25) is 0 Å². The summed E-state index contributed by atoms with van der Waals surface area (Å²) >= 11 is 0. The van der Waals surface area contributed by atoms with Gasteiger partial charge in [0.1, 0.15) is 0 Å². The van der Waals surface area contributed by atoms with Gasteiger partial charge >= 0.3 is 5.97 Å². The molecule has 0 N–H and O–H groups in total. The van der Waals surface area contributed by atoms with Crippen LogP contribution in [0.1, 0.15) is 24.8 Å². The Balaban J connectivity index is 2.15. The van der Waals surface area contributed by atoms with Crippen LogP contribution in [0.5, 0.6) is 0 Å². The summed E-state index contributed by atoms with van der Waals surface area (Å²) < 4.78 is 10.5. The van der Waals surface area contributed by atoms with E-state index in [0.717, 1.165) is 13.0 Å². The van der Waals surface area contributed by atoms with E-state index in [-0.39, 0.29) is 17.8 Å². The maximum absolute atomic E-state index is 11.9. The third kappa shape index (κ3) is 2.86. The molecule has 17 heavy (non-hydrogen) atoms. The van der Waals surface area contributed by atoms with Crippen molar-refractivity contribution >= 4 is 5.97 Å². The van der Waals surface area contributed by atoms with Crippen molar-refractivity contribution in [3.8, 4) is 0 Å². The highest BCUT2D eigenvalue weighted by Crippen LogP contribution is 2.32. The molecule has 0 spiro atoms. The van der Waals surface area contributed by atoms with Crippen molar-refractivity contribution in [2.75, 3.05) is 19.8 Å². The van der Waals surface area contributed by atoms with Gasteiger partial charge in [0, 0.05) is 12.5 Å². The molecule has 2 rings (SSSR count). The summed E-state index contributed by atoms with van der Waals surface area (Å²) in [5.41, 5.74) is 1.20. The zero-order valence-corrected chi connectivity index (χ0v) is 10.1. The van der Waals surface area contributed by atoms with E-state index in [1.165, 1.54) is 5.56 Å². The summed E-state index contributed by atoms with van der Waals surface area (Å²) in [6.07, 6.45) is 0.882. The minimum absolute atomic E-state index is 0.138. The second-order valence-corrected chi connectivity index (χ2v) is 4.24. The molecule has 92 valence electrons. The van der Waals surface area contributed by atoms with Crippen LogP contribution in [0.15, 0.2) is 30.3 Å². The van der Waals surface area contributed by atoms with E-state index >= 15 is 0 Å². The highest BCUT2D eigenvalue weighted by atomic mass is 16.5. The van der Waals surface area contributed by atoms with Gasteiger partial charge in [0.05, 0.1) is 19.1 Å². The van der Waals surface area contributed by atoms with E-state index in [0.29, 0.717) is 13.2 Å². The van der Waals surface area contributed by atoms with Crippen molar-refractivity contribution < 1.29 is 14.3 Å². The van der Waals surface area contributed by atoms with Crippen LogP contribution < -0.4 is 0 Å². The second-order valence-electron chi connectivity index (χ2n) is 4.24. The normalized spacial score (nSPS) is 24.3. The minimum Gasteiger partial charge on any atom is -0.466 e. The molecule has 2 atom stereocenters. The van der Waals surface area contributed by atoms with Crippen LogP contribution >= 0.6 is 0 Å². The first kappa shape index (κ1) is 12.1. The molecule has 3 nitrogen and oxygen atoms in total. The first-order chi connectivity index (χ1) is 8.33. The third-order valence-electron chi connectivity index (χ3n) is 3.17. The number of hydrogen-bond donors (Lipinski definition) is 0. The van der Waals surface area contributed by atoms with Gasteiger partial charge in [-0.25, -0.2) is 0 Å². The highest BCUT2D eigenvalue weighted by Gasteiger charge is 2.33. The summed E-state index contributed by atoms with van der Waals surface area (Å²) in [6.45, 7) is 3.45. The highest BCUT2D eigenvalue weighted by molar-refractivity contribution is 5.74. The minimum atomic E-state index is -0.161. The molecule has 0 radical (unpaired) electrons. The Morgan fingerprint density at radius 1 is 1.41 bits per heavy atom. The third-order valence-corrected chi connectivity index (χ3v) is 3.17. The molecule has 0 amide bonds. The van der Waals surface area contributed by atoms with Crippen molar-refractivity contribution in [3.63, 3.8) is 0 Å². The second kappa shape index (κ2) is 5.82. The zero-order valence-electron chi connectivity index (χ0n) is 10.1. The molecule has 0 bridgehead atoms. The lowest BCUT2D eigenvalue weighted by Gasteiger charge is -2.30. The van der Waals surface area contributed by atoms with Crippen LogP contribution in [0.25, 0.3) is 0 Å². The largest absolute Gasteiger partial charge is 0.466 e. The Hall–Kier alpha value is -1.35. The maximum atomic E-state index is 11.9. The topological polar surface area (TPSA) is 35.5 Å². The van der Waals surface area contributed by atoms with Crippen LogP contribution in [0, 0.1) is 5.92 Å². The molecule has 1 fully saturated rings. The number of rotatable bonds is 3. The molecule has 1 saturated heterocycles. The van der Waals surface area contributed by atoms with Gasteiger partial charge in [-0.3, -0.25) is 4.79 Å². The number of esters is 1. The Bertz CT molecular complexity index is 361. The van der Waals surface area contributed by atoms with Crippen LogP contribution in [-0.2, 0) is 14.3 Å². The van der Waals surface area contributed by atoms with E-state index in [2.05, 4.69) is 12.1 Å². The van der Waals surface area contributed by atoms with Gasteiger partial charge in [0.25, 0.3) is 0 Å². The lowest BCUT2D eigenvalue weighted by Crippen LogP contribution is -2.33. The van der Waals surface area contributed by atoms with Gasteiger partial charge in [-0.15, -0.1) is 0 Å². The van der Waals surface area contributed by atoms with Gasteiger partial charge in [-0.1, -0.05) is 30.3 Å². The summed E-state index contributed by atoms with van der Waals surface area (Å²) in [7, 11) is 0. The van der Waals surface area contributed by atoms with Crippen molar-refractivity contribution in [1.82, 2.24) is 0 Å². The molecule has 1 aromatic carbocycles. The fraction of sp³-hybridized carbons (Fsp3) is 0.500. The Morgan fingerprint density at radius 3 is 2.88 bits per heavy atom. The number of ether oxygens (including phenoxy) is 2. The fourth-order valence-electron chi connectivity index (χ4n) is 2.32. The molecular formula is C14H18O3. The Morgan fingerprint density at radius 2 is 2.18 bits per heavy atom. The monoisotopic (exact) mass is 234 g/mol. The summed E-state index contributed by atoms with van der Waals surface area (Å²) in [4.78, 5) is 11.9. The van der Waals surface area contributed by atoms with Crippen molar-refractivity contribution in [2.45, 2.75) is 19.3 Å². The number of carbonyl (C=O) groups is 1. The molecule has 0 unspecified atom stereocenters. The first-order valence-corrected chi connectivity index (χ1v) is 6.12. The average molecular weight is 234 g/mol. The molecule has 1 heterocycles. The van der Waals surface area contributed by atoms with E-state index in [9.17, 15) is 4.79 Å². The summed E-state index contributed by atoms with van der Waals surface area (Å²) in [6, 6.07) is 10.1. The van der Waals surface area contributed by atoms with Gasteiger partial charge in [-0.05, 0) is 18.9 Å². The van der Waals surface area contributed by atoms with E-state index in [1.54, 1.807) is 0 Å². The Labute approximate surface area is 102 Å². The quantitative estimate of drug-likeness (QED) is 0.753. The molecule has 1 aromatic rings. The first-order valence-electron chi connectivity index (χ1n) is 6.12. The number of benzene rings is 1. The maximum Gasteiger partial charge on any atom is 0.311 e. The van der Waals surface area contributed by atoms with E-state index in [1.807, 2.05) is 25.1 Å². The Kier molecular flexibility index (Phi) is 4.15. The molecule has 0 aromatic heterocycles. The molecule has 0 saturated carbocycles. The van der Waals surface area contributed by atoms with Crippen LogP contribution in [-0.4, -0.2) is 25.8 Å². The van der Waals surface area contributed by atoms with Crippen LogP contribution in [0.3, 0.4) is 0 Å². The van der Waals surface area contributed by atoms with Crippen molar-refractivity contribution in [1.29, 1.82) is 0 Å². The fourth-order valence-corrected chi connectivity index (χ4v) is 2.32. The SMILES string of the molecule is CCOC(=O)[C@@H]1COCC[C@@H]1c1ccccc1. The summed E-state index contributed by atoms with van der Waals surface area (Å²) in [5, 5.41) is 0. The standard InChI is InChI=1S/C14H18O3/c1-2-17-14(15)13-10-16-9-8-12(13)11-6-4-3-5-7-11/h3-7,12-13H,2,8-10H2,1H3/t12-,13-/m1/s1. The molecule has 0 aliphatic carbocycles. The molecule has 3 heteroatoms. The van der Waals surface area contributed by atoms with Gasteiger partial charge in [0.15, 0.2) is 0 Å². The number of hydrogen-bond acceptors (Lipinski definition) is 3. The van der Waals surface area contributed by atoms with E-state index in [4.69, 9.17) is 9.47 Å². The van der Waals surface area contributed by atoms with E-state index < -0.39 is 0 Å². The lowest BCUT2D eigenvalue weighted by atomic mass is 9.83. The predicted octanol–water partition coefficient (Wildman–Crippen LogP) is 2.37. The molecule has 1 aliphatic rings. The number of carbonyl (C=O) groups excluding carboxylic acids is 1. The molecule has 1 aliphatic heterocycles. The van der Waals surface area contributed by atoms with Crippen molar-refractivity contribution in [2.24, 2.45) is 5.92 Å². The van der Waals surface area contributed by atoms with Crippen molar-refractivity contribution in [3.05, 3.63) is 35.9 Å². The summed E-state index contributed by atoms with van der Waals surface area (Å²) in [5.74, 6) is -0.0730. The predicted molar refractivity (Wildman–Crippen MR) is 64.7 cm³/mol. The van der Waals surface area contributed by atoms with Crippen LogP contribution in [0.4, 0.5) is 0 Å². The smallest absolute Gasteiger partial charge is 0.311 e. The zero-order chi connectivity index (χ0) is 12.1. The van der Waals surface area contributed by atoms with Gasteiger partial charge in [0.2, 0.25) is 0 Å². The molecular weight excluding hydrogens is 216 g/mol.